The van der Waals surface area contributed by atoms with Crippen LogP contribution in [-0.4, -0.2) is 11.1 Å². The fourth-order valence-electron chi connectivity index (χ4n) is 1.60. The van der Waals surface area contributed by atoms with Gasteiger partial charge < -0.3 is 5.11 Å². The van der Waals surface area contributed by atoms with Crippen molar-refractivity contribution in [2.75, 3.05) is 0 Å². The van der Waals surface area contributed by atoms with Crippen molar-refractivity contribution in [2.24, 2.45) is 0 Å². The lowest BCUT2D eigenvalue weighted by atomic mass is 10.1. The summed E-state index contributed by atoms with van der Waals surface area (Å²) < 4.78 is 1.63. The fourth-order valence-corrected chi connectivity index (χ4v) is 1.60. The molecule has 1 aromatic heterocycles. The number of hydrogen-bond acceptors (Lipinski definition) is 1. The molecule has 0 atom stereocenters. The molecule has 3 heteroatoms. The Morgan fingerprint density at radius 1 is 1.00 bits per heavy atom. The van der Waals surface area contributed by atoms with Crippen LogP contribution in [0, 0.1) is 0 Å². The van der Waals surface area contributed by atoms with E-state index in [2.05, 4.69) is 0 Å². The van der Waals surface area contributed by atoms with Crippen molar-refractivity contribution in [3.63, 3.8) is 0 Å². The van der Waals surface area contributed by atoms with E-state index in [1.54, 1.807) is 17.0 Å². The summed E-state index contributed by atoms with van der Waals surface area (Å²) in [5.41, 5.74) is 2.18. The Morgan fingerprint density at radius 2 is 1.56 bits per heavy atom. The molecule has 0 spiro atoms. The van der Waals surface area contributed by atoms with Crippen molar-refractivity contribution in [3.05, 3.63) is 66.0 Å². The van der Waals surface area contributed by atoms with E-state index in [1.807, 2.05) is 54.6 Å². The van der Waals surface area contributed by atoms with Gasteiger partial charge in [-0.25, -0.2) is 4.79 Å². The summed E-state index contributed by atoms with van der Waals surface area (Å²) in [4.78, 5) is 10.5. The number of carboxylic acid groups (broad SMARTS) is 1. The van der Waals surface area contributed by atoms with Gasteiger partial charge in [-0.3, -0.25) is 0 Å². The van der Waals surface area contributed by atoms with E-state index in [9.17, 15) is 4.79 Å². The standard InChI is InChI=1S/C15H13NO2/c17-15(18)12-16-10-8-14(9-11-16)7-6-13-4-2-1-3-5-13/h1-11H,12H2/p+1/b7-6-. The SMILES string of the molecule is O=C(O)C[n+]1ccc(/C=C\c2ccccc2)cc1. The van der Waals surface area contributed by atoms with Crippen molar-refractivity contribution in [1.29, 1.82) is 0 Å². The van der Waals surface area contributed by atoms with Gasteiger partial charge in [0.1, 0.15) is 0 Å². The highest BCUT2D eigenvalue weighted by molar-refractivity contribution is 5.69. The van der Waals surface area contributed by atoms with E-state index in [0.717, 1.165) is 11.1 Å². The van der Waals surface area contributed by atoms with Crippen molar-refractivity contribution in [1.82, 2.24) is 0 Å². The molecular weight excluding hydrogens is 226 g/mol. The lowest BCUT2D eigenvalue weighted by molar-refractivity contribution is -0.685. The highest BCUT2D eigenvalue weighted by Crippen LogP contribution is 2.06. The van der Waals surface area contributed by atoms with E-state index in [-0.39, 0.29) is 6.54 Å². The molecule has 1 N–H and O–H groups in total. The van der Waals surface area contributed by atoms with Crippen LogP contribution in [0.5, 0.6) is 0 Å². The third kappa shape index (κ3) is 3.56. The summed E-state index contributed by atoms with van der Waals surface area (Å²) in [5.74, 6) is -0.840. The van der Waals surface area contributed by atoms with Crippen LogP contribution < -0.4 is 4.57 Å². The maximum Gasteiger partial charge on any atom is 0.370 e. The predicted octanol–water partition coefficient (Wildman–Crippen LogP) is 2.23. The highest BCUT2D eigenvalue weighted by atomic mass is 16.4. The lowest BCUT2D eigenvalue weighted by Gasteiger charge is -1.94. The van der Waals surface area contributed by atoms with Crippen LogP contribution in [0.15, 0.2) is 54.9 Å². The molecule has 1 heterocycles. The first kappa shape index (κ1) is 12.0. The number of aromatic nitrogens is 1. The van der Waals surface area contributed by atoms with Gasteiger partial charge in [0.05, 0.1) is 0 Å². The van der Waals surface area contributed by atoms with Crippen LogP contribution in [0.4, 0.5) is 0 Å². The molecule has 0 aliphatic heterocycles. The van der Waals surface area contributed by atoms with Crippen molar-refractivity contribution in [2.45, 2.75) is 6.54 Å². The quantitative estimate of drug-likeness (QED) is 0.833. The van der Waals surface area contributed by atoms with Gasteiger partial charge in [0, 0.05) is 12.1 Å². The van der Waals surface area contributed by atoms with E-state index in [4.69, 9.17) is 5.11 Å². The molecule has 0 aliphatic rings. The number of nitrogens with zero attached hydrogens (tertiary/aromatic N) is 1. The zero-order chi connectivity index (χ0) is 12.8. The van der Waals surface area contributed by atoms with Crippen LogP contribution in [0.1, 0.15) is 11.1 Å². The fraction of sp³-hybridized carbons (Fsp3) is 0.0667. The minimum absolute atomic E-state index is 0.0112. The van der Waals surface area contributed by atoms with Gasteiger partial charge >= 0.3 is 5.97 Å². The minimum Gasteiger partial charge on any atom is -0.477 e. The summed E-state index contributed by atoms with van der Waals surface area (Å²) in [6.07, 6.45) is 7.55. The summed E-state index contributed by atoms with van der Waals surface area (Å²) in [5, 5.41) is 8.65. The molecule has 18 heavy (non-hydrogen) atoms. The molecule has 0 saturated carbocycles. The first-order valence-corrected chi connectivity index (χ1v) is 5.68. The molecule has 1 aromatic carbocycles. The second-order valence-corrected chi connectivity index (χ2v) is 3.94. The number of carbonyl (C=O) groups is 1. The van der Waals surface area contributed by atoms with Crippen LogP contribution in [-0.2, 0) is 11.3 Å². The molecule has 0 fully saturated rings. The van der Waals surface area contributed by atoms with Crippen molar-refractivity contribution in [3.8, 4) is 0 Å². The lowest BCUT2D eigenvalue weighted by Crippen LogP contribution is -2.36. The van der Waals surface area contributed by atoms with Crippen molar-refractivity contribution >= 4 is 18.1 Å². The van der Waals surface area contributed by atoms with Crippen LogP contribution in [0.3, 0.4) is 0 Å². The van der Waals surface area contributed by atoms with Gasteiger partial charge in [0.25, 0.3) is 0 Å². The smallest absolute Gasteiger partial charge is 0.370 e. The van der Waals surface area contributed by atoms with E-state index >= 15 is 0 Å². The summed E-state index contributed by atoms with van der Waals surface area (Å²) in [7, 11) is 0. The Bertz CT molecular complexity index is 544. The second kappa shape index (κ2) is 5.77. The third-order valence-electron chi connectivity index (χ3n) is 2.50. The third-order valence-corrected chi connectivity index (χ3v) is 2.50. The van der Waals surface area contributed by atoms with Gasteiger partial charge in [0.15, 0.2) is 12.4 Å². The van der Waals surface area contributed by atoms with Gasteiger partial charge in [-0.1, -0.05) is 42.5 Å². The Balaban J connectivity index is 2.06. The molecule has 0 radical (unpaired) electrons. The Kier molecular flexibility index (Phi) is 3.86. The number of aliphatic carboxylic acids is 1. The van der Waals surface area contributed by atoms with E-state index in [0.29, 0.717) is 0 Å². The molecule has 0 amide bonds. The average molecular weight is 240 g/mol. The largest absolute Gasteiger partial charge is 0.477 e. The highest BCUT2D eigenvalue weighted by Gasteiger charge is 2.05. The first-order chi connectivity index (χ1) is 8.74. The Hall–Kier alpha value is -2.42. The molecule has 0 bridgehead atoms. The monoisotopic (exact) mass is 240 g/mol. The molecule has 90 valence electrons. The molecule has 0 saturated heterocycles. The topological polar surface area (TPSA) is 41.2 Å². The first-order valence-electron chi connectivity index (χ1n) is 5.68. The van der Waals surface area contributed by atoms with Crippen LogP contribution in [0.25, 0.3) is 12.2 Å². The molecular formula is C15H14NO2+. The molecule has 3 nitrogen and oxygen atoms in total. The summed E-state index contributed by atoms with van der Waals surface area (Å²) in [6, 6.07) is 13.8. The maximum atomic E-state index is 10.5. The van der Waals surface area contributed by atoms with Gasteiger partial charge in [-0.2, -0.15) is 4.57 Å². The molecule has 0 unspecified atom stereocenters. The number of hydrogen-bond donors (Lipinski definition) is 1. The number of rotatable bonds is 4. The zero-order valence-corrected chi connectivity index (χ0v) is 9.86. The van der Waals surface area contributed by atoms with Gasteiger partial charge in [-0.15, -0.1) is 0 Å². The molecule has 2 rings (SSSR count). The maximum absolute atomic E-state index is 10.5. The van der Waals surface area contributed by atoms with Crippen LogP contribution >= 0.6 is 0 Å². The molecule has 2 aromatic rings. The normalized spacial score (nSPS) is 10.7. The number of pyridine rings is 1. The Labute approximate surface area is 106 Å². The van der Waals surface area contributed by atoms with Gasteiger partial charge in [-0.05, 0) is 11.1 Å². The minimum atomic E-state index is -0.840. The van der Waals surface area contributed by atoms with E-state index < -0.39 is 5.97 Å². The number of carboxylic acids is 1. The Morgan fingerprint density at radius 3 is 2.11 bits per heavy atom. The number of benzene rings is 1. The predicted molar refractivity (Wildman–Crippen MR) is 69.6 cm³/mol. The second-order valence-electron chi connectivity index (χ2n) is 3.94. The zero-order valence-electron chi connectivity index (χ0n) is 9.86. The van der Waals surface area contributed by atoms with E-state index in [1.165, 1.54) is 0 Å². The summed E-state index contributed by atoms with van der Waals surface area (Å²) >= 11 is 0. The molecule has 0 aliphatic carbocycles. The average Bonchev–Trinajstić information content (AvgIpc) is 2.38. The van der Waals surface area contributed by atoms with Crippen molar-refractivity contribution < 1.29 is 14.5 Å². The summed E-state index contributed by atoms with van der Waals surface area (Å²) in [6.45, 7) is -0.0112. The van der Waals surface area contributed by atoms with Crippen LogP contribution in [0.2, 0.25) is 0 Å². The van der Waals surface area contributed by atoms with Gasteiger partial charge in [0.2, 0.25) is 6.54 Å².